The quantitative estimate of drug-likeness (QED) is 0.768. The van der Waals surface area contributed by atoms with Crippen molar-refractivity contribution in [3.63, 3.8) is 0 Å². The Morgan fingerprint density at radius 2 is 1.80 bits per heavy atom. The van der Waals surface area contributed by atoms with E-state index in [1.165, 1.54) is 0 Å². The number of hydrogen-bond acceptors (Lipinski definition) is 2. The van der Waals surface area contributed by atoms with Crippen molar-refractivity contribution in [1.29, 1.82) is 0 Å². The van der Waals surface area contributed by atoms with E-state index in [0.717, 1.165) is 11.3 Å². The van der Waals surface area contributed by atoms with Gasteiger partial charge in [-0.2, -0.15) is 0 Å². The molecule has 1 rings (SSSR count). The number of ether oxygens (including phenoxy) is 1. The molecule has 0 aliphatic heterocycles. The number of nitrogen functional groups attached to an aromatic ring is 1. The second-order valence-electron chi connectivity index (χ2n) is 4.40. The molecule has 0 aromatic heterocycles. The molecule has 2 heteroatoms. The van der Waals surface area contributed by atoms with Crippen molar-refractivity contribution in [3.05, 3.63) is 29.8 Å². The van der Waals surface area contributed by atoms with E-state index in [4.69, 9.17) is 10.5 Å². The number of anilines is 1. The summed E-state index contributed by atoms with van der Waals surface area (Å²) in [5, 5.41) is 0. The van der Waals surface area contributed by atoms with E-state index in [2.05, 4.69) is 27.7 Å². The van der Waals surface area contributed by atoms with E-state index in [9.17, 15) is 0 Å². The molecule has 1 aromatic carbocycles. The number of rotatable bonds is 4. The highest BCUT2D eigenvalue weighted by Gasteiger charge is 2.13. The molecule has 2 atom stereocenters. The average molecular weight is 207 g/mol. The minimum atomic E-state index is 0.103. The molecule has 0 bridgehead atoms. The van der Waals surface area contributed by atoms with Crippen LogP contribution in [-0.4, -0.2) is 6.10 Å². The number of benzene rings is 1. The van der Waals surface area contributed by atoms with E-state index >= 15 is 0 Å². The summed E-state index contributed by atoms with van der Waals surface area (Å²) in [6, 6.07) is 7.87. The second kappa shape index (κ2) is 5.17. The molecular weight excluding hydrogens is 186 g/mol. The first kappa shape index (κ1) is 12.1. The summed E-state index contributed by atoms with van der Waals surface area (Å²) in [7, 11) is 0. The third-order valence-electron chi connectivity index (χ3n) is 2.74. The fourth-order valence-corrected chi connectivity index (χ4v) is 1.37. The summed E-state index contributed by atoms with van der Waals surface area (Å²) in [4.78, 5) is 0. The van der Waals surface area contributed by atoms with E-state index in [1.54, 1.807) is 0 Å². The van der Waals surface area contributed by atoms with Gasteiger partial charge in [-0.15, -0.1) is 0 Å². The summed E-state index contributed by atoms with van der Waals surface area (Å²) in [6.07, 6.45) is 0.368. The molecule has 0 aliphatic rings. The van der Waals surface area contributed by atoms with Gasteiger partial charge in [0.15, 0.2) is 0 Å². The zero-order valence-electron chi connectivity index (χ0n) is 10.0. The van der Waals surface area contributed by atoms with Gasteiger partial charge in [0.25, 0.3) is 0 Å². The Morgan fingerprint density at radius 1 is 1.13 bits per heavy atom. The van der Waals surface area contributed by atoms with Crippen LogP contribution in [0.15, 0.2) is 24.3 Å². The van der Waals surface area contributed by atoms with Gasteiger partial charge in [-0.3, -0.25) is 0 Å². The minimum absolute atomic E-state index is 0.103. The molecule has 0 fully saturated rings. The van der Waals surface area contributed by atoms with Crippen LogP contribution in [-0.2, 0) is 4.74 Å². The monoisotopic (exact) mass is 207 g/mol. The molecule has 0 saturated heterocycles. The summed E-state index contributed by atoms with van der Waals surface area (Å²) in [5.74, 6) is 0.536. The lowest BCUT2D eigenvalue weighted by molar-refractivity contribution is -0.0172. The Balaban J connectivity index is 2.64. The van der Waals surface area contributed by atoms with Crippen molar-refractivity contribution < 1.29 is 4.74 Å². The predicted molar refractivity (Wildman–Crippen MR) is 64.7 cm³/mol. The Hall–Kier alpha value is -1.02. The molecule has 0 heterocycles. The lowest BCUT2D eigenvalue weighted by Crippen LogP contribution is -2.17. The Bertz CT molecular complexity index is 309. The highest BCUT2D eigenvalue weighted by molar-refractivity contribution is 5.41. The van der Waals surface area contributed by atoms with E-state index in [-0.39, 0.29) is 12.2 Å². The van der Waals surface area contributed by atoms with Crippen LogP contribution in [0.1, 0.15) is 39.4 Å². The van der Waals surface area contributed by atoms with Gasteiger partial charge < -0.3 is 10.5 Å². The molecular formula is C13H21NO. The highest BCUT2D eigenvalue weighted by Crippen LogP contribution is 2.22. The maximum atomic E-state index is 5.90. The summed E-state index contributed by atoms with van der Waals surface area (Å²) in [5.41, 5.74) is 7.66. The van der Waals surface area contributed by atoms with Gasteiger partial charge in [-0.25, -0.2) is 0 Å². The fourth-order valence-electron chi connectivity index (χ4n) is 1.37. The Kier molecular flexibility index (Phi) is 4.15. The third-order valence-corrected chi connectivity index (χ3v) is 2.74. The van der Waals surface area contributed by atoms with E-state index < -0.39 is 0 Å². The molecule has 0 amide bonds. The Morgan fingerprint density at radius 3 is 2.33 bits per heavy atom. The lowest BCUT2D eigenvalue weighted by Gasteiger charge is -2.22. The molecule has 2 nitrogen and oxygen atoms in total. The maximum Gasteiger partial charge on any atom is 0.0801 e. The normalized spacial score (nSPS) is 15.3. The van der Waals surface area contributed by atoms with Crippen molar-refractivity contribution in [2.45, 2.75) is 39.9 Å². The van der Waals surface area contributed by atoms with Gasteiger partial charge in [0.2, 0.25) is 0 Å². The van der Waals surface area contributed by atoms with Crippen molar-refractivity contribution >= 4 is 5.69 Å². The molecule has 2 N–H and O–H groups in total. The zero-order valence-corrected chi connectivity index (χ0v) is 10.0. The molecule has 1 aromatic rings. The first-order chi connectivity index (χ1) is 7.00. The van der Waals surface area contributed by atoms with Gasteiger partial charge in [-0.1, -0.05) is 26.0 Å². The van der Waals surface area contributed by atoms with Crippen molar-refractivity contribution in [1.82, 2.24) is 0 Å². The van der Waals surface area contributed by atoms with Crippen molar-refractivity contribution in [3.8, 4) is 0 Å². The number of nitrogens with two attached hydrogens (primary N) is 1. The van der Waals surface area contributed by atoms with Crippen LogP contribution in [0.2, 0.25) is 0 Å². The van der Waals surface area contributed by atoms with Crippen LogP contribution in [0, 0.1) is 5.92 Å². The largest absolute Gasteiger partial charge is 0.399 e. The van der Waals surface area contributed by atoms with Gasteiger partial charge in [0, 0.05) is 5.69 Å². The lowest BCUT2D eigenvalue weighted by atomic mass is 10.1. The molecule has 2 unspecified atom stereocenters. The van der Waals surface area contributed by atoms with Gasteiger partial charge in [-0.05, 0) is 37.5 Å². The van der Waals surface area contributed by atoms with Crippen LogP contribution >= 0.6 is 0 Å². The van der Waals surface area contributed by atoms with Gasteiger partial charge >= 0.3 is 0 Å². The van der Waals surface area contributed by atoms with E-state index in [1.807, 2.05) is 24.3 Å². The predicted octanol–water partition coefficient (Wildman–Crippen LogP) is 3.39. The van der Waals surface area contributed by atoms with Crippen LogP contribution in [0.3, 0.4) is 0 Å². The average Bonchev–Trinajstić information content (AvgIpc) is 2.17. The summed E-state index contributed by atoms with van der Waals surface area (Å²) in [6.45, 7) is 8.49. The SMILES string of the molecule is CC(OC(C)C(C)C)c1cccc(N)c1. The van der Waals surface area contributed by atoms with E-state index in [0.29, 0.717) is 5.92 Å². The molecule has 0 radical (unpaired) electrons. The number of hydrogen-bond donors (Lipinski definition) is 1. The Labute approximate surface area is 92.4 Å². The molecule has 0 aliphatic carbocycles. The molecule has 84 valence electrons. The molecule has 0 saturated carbocycles. The van der Waals surface area contributed by atoms with Crippen molar-refractivity contribution in [2.75, 3.05) is 5.73 Å². The fraction of sp³-hybridized carbons (Fsp3) is 0.538. The summed E-state index contributed by atoms with van der Waals surface area (Å²) >= 11 is 0. The van der Waals surface area contributed by atoms with Crippen molar-refractivity contribution in [2.24, 2.45) is 5.92 Å². The minimum Gasteiger partial charge on any atom is -0.399 e. The van der Waals surface area contributed by atoms with Crippen LogP contribution in [0.25, 0.3) is 0 Å². The second-order valence-corrected chi connectivity index (χ2v) is 4.40. The maximum absolute atomic E-state index is 5.90. The molecule has 0 spiro atoms. The standard InChI is InChI=1S/C13H21NO/c1-9(2)10(3)15-11(4)12-6-5-7-13(14)8-12/h5-11H,14H2,1-4H3. The van der Waals surface area contributed by atoms with Gasteiger partial charge in [0.05, 0.1) is 12.2 Å². The first-order valence-electron chi connectivity index (χ1n) is 5.51. The highest BCUT2D eigenvalue weighted by atomic mass is 16.5. The van der Waals surface area contributed by atoms with Gasteiger partial charge in [0.1, 0.15) is 0 Å². The van der Waals surface area contributed by atoms with Crippen LogP contribution < -0.4 is 5.73 Å². The van der Waals surface area contributed by atoms with Crippen LogP contribution in [0.4, 0.5) is 5.69 Å². The smallest absolute Gasteiger partial charge is 0.0801 e. The first-order valence-corrected chi connectivity index (χ1v) is 5.51. The third kappa shape index (κ3) is 3.56. The summed E-state index contributed by atoms with van der Waals surface area (Å²) < 4.78 is 5.90. The topological polar surface area (TPSA) is 35.2 Å². The zero-order chi connectivity index (χ0) is 11.4. The van der Waals surface area contributed by atoms with Crippen LogP contribution in [0.5, 0.6) is 0 Å². The molecule has 15 heavy (non-hydrogen) atoms.